The number of hydrogen-bond acceptors (Lipinski definition) is 3. The molecule has 2 aromatic rings. The van der Waals surface area contributed by atoms with E-state index in [4.69, 9.17) is 11.6 Å². The first-order chi connectivity index (χ1) is 12.2. The average molecular weight is 396 g/mol. The van der Waals surface area contributed by atoms with Gasteiger partial charge >= 0.3 is 0 Å². The van der Waals surface area contributed by atoms with E-state index < -0.39 is 15.7 Å². The minimum Gasteiger partial charge on any atom is -0.307 e. The van der Waals surface area contributed by atoms with E-state index in [1.807, 2.05) is 12.1 Å². The highest BCUT2D eigenvalue weighted by Gasteiger charge is 2.27. The van der Waals surface area contributed by atoms with Gasteiger partial charge in [0, 0.05) is 18.3 Å². The zero-order valence-electron chi connectivity index (χ0n) is 14.9. The Hall–Kier alpha value is -1.43. The van der Waals surface area contributed by atoms with E-state index in [9.17, 15) is 12.8 Å². The second-order valence-corrected chi connectivity index (χ2v) is 9.53. The van der Waals surface area contributed by atoms with Gasteiger partial charge in [0.1, 0.15) is 5.82 Å². The van der Waals surface area contributed by atoms with Gasteiger partial charge < -0.3 is 5.32 Å². The summed E-state index contributed by atoms with van der Waals surface area (Å²) in [5.74, 6) is 0.0196. The molecule has 3 nitrogen and oxygen atoms in total. The summed E-state index contributed by atoms with van der Waals surface area (Å²) in [4.78, 5) is 0.357. The summed E-state index contributed by atoms with van der Waals surface area (Å²) in [6.45, 7) is 2.05. The molecule has 140 valence electrons. The largest absolute Gasteiger partial charge is 0.307 e. The average Bonchev–Trinajstić information content (AvgIpc) is 3.05. The van der Waals surface area contributed by atoms with Crippen LogP contribution in [-0.2, 0) is 9.84 Å². The molecule has 0 spiro atoms. The summed E-state index contributed by atoms with van der Waals surface area (Å²) in [5, 5.41) is 3.75. The molecule has 3 rings (SSSR count). The smallest absolute Gasteiger partial charge is 0.175 e. The summed E-state index contributed by atoms with van der Waals surface area (Å²) in [6.07, 6.45) is 4.34. The van der Waals surface area contributed by atoms with Crippen LogP contribution in [0.25, 0.3) is 0 Å². The summed E-state index contributed by atoms with van der Waals surface area (Å²) in [6, 6.07) is 12.5. The van der Waals surface area contributed by atoms with Crippen molar-refractivity contribution in [1.29, 1.82) is 0 Å². The molecule has 0 aliphatic heterocycles. The van der Waals surface area contributed by atoms with Crippen molar-refractivity contribution in [3.05, 3.63) is 64.4 Å². The predicted molar refractivity (Wildman–Crippen MR) is 103 cm³/mol. The lowest BCUT2D eigenvalue weighted by atomic mass is 9.97. The lowest BCUT2D eigenvalue weighted by Gasteiger charge is -2.20. The monoisotopic (exact) mass is 395 g/mol. The third-order valence-electron chi connectivity index (χ3n) is 5.14. The topological polar surface area (TPSA) is 46.2 Å². The van der Waals surface area contributed by atoms with Crippen LogP contribution in [-0.4, -0.2) is 20.7 Å². The van der Waals surface area contributed by atoms with Gasteiger partial charge in [-0.05, 0) is 67.5 Å². The third kappa shape index (κ3) is 4.45. The molecule has 3 atom stereocenters. The van der Waals surface area contributed by atoms with Gasteiger partial charge in [-0.25, -0.2) is 12.8 Å². The van der Waals surface area contributed by atoms with Crippen LogP contribution in [0.2, 0.25) is 5.02 Å². The number of sulfone groups is 1. The first-order valence-electron chi connectivity index (χ1n) is 8.75. The van der Waals surface area contributed by atoms with E-state index in [1.54, 1.807) is 24.3 Å². The first kappa shape index (κ1) is 19.3. The summed E-state index contributed by atoms with van der Waals surface area (Å²) >= 11 is 5.88. The van der Waals surface area contributed by atoms with Crippen LogP contribution in [0, 0.1) is 5.82 Å². The fourth-order valence-electron chi connectivity index (χ4n) is 3.65. The van der Waals surface area contributed by atoms with Crippen molar-refractivity contribution in [2.24, 2.45) is 0 Å². The maximum atomic E-state index is 13.3. The highest BCUT2D eigenvalue weighted by molar-refractivity contribution is 7.90. The number of hydrogen-bond donors (Lipinski definition) is 1. The maximum Gasteiger partial charge on any atom is 0.175 e. The molecule has 1 saturated carbocycles. The van der Waals surface area contributed by atoms with Gasteiger partial charge in [-0.2, -0.15) is 0 Å². The van der Waals surface area contributed by atoms with Crippen LogP contribution in [0.3, 0.4) is 0 Å². The van der Waals surface area contributed by atoms with Crippen LogP contribution in [0.5, 0.6) is 0 Å². The molecule has 0 aromatic heterocycles. The van der Waals surface area contributed by atoms with E-state index in [1.165, 1.54) is 17.9 Å². The van der Waals surface area contributed by atoms with Gasteiger partial charge in [-0.1, -0.05) is 29.8 Å². The zero-order valence-corrected chi connectivity index (χ0v) is 16.4. The first-order valence-corrected chi connectivity index (χ1v) is 11.0. The van der Waals surface area contributed by atoms with Crippen LogP contribution >= 0.6 is 11.6 Å². The number of nitrogens with one attached hydrogen (secondary N) is 1. The summed E-state index contributed by atoms with van der Waals surface area (Å²) in [7, 11) is -3.16. The minimum absolute atomic E-state index is 0.0875. The second-order valence-electron chi connectivity index (χ2n) is 7.11. The van der Waals surface area contributed by atoms with E-state index in [-0.39, 0.29) is 11.1 Å². The molecule has 0 saturated heterocycles. The Morgan fingerprint density at radius 2 is 1.85 bits per heavy atom. The van der Waals surface area contributed by atoms with E-state index in [0.717, 1.165) is 24.8 Å². The zero-order chi connectivity index (χ0) is 18.9. The minimum atomic E-state index is -3.16. The molecule has 26 heavy (non-hydrogen) atoms. The molecule has 2 aromatic carbocycles. The predicted octanol–water partition coefficient (Wildman–Crippen LogP) is 4.87. The molecule has 1 aliphatic rings. The lowest BCUT2D eigenvalue weighted by molar-refractivity contribution is 0.456. The van der Waals surface area contributed by atoms with E-state index >= 15 is 0 Å². The maximum absolute atomic E-state index is 13.3. The van der Waals surface area contributed by atoms with Crippen LogP contribution in [0.15, 0.2) is 47.4 Å². The van der Waals surface area contributed by atoms with Gasteiger partial charge in [-0.3, -0.25) is 0 Å². The van der Waals surface area contributed by atoms with Gasteiger partial charge in [0.05, 0.1) is 9.92 Å². The van der Waals surface area contributed by atoms with Gasteiger partial charge in [0.25, 0.3) is 0 Å². The van der Waals surface area contributed by atoms with Crippen molar-refractivity contribution in [3.8, 4) is 0 Å². The second kappa shape index (κ2) is 7.67. The molecule has 0 bridgehead atoms. The van der Waals surface area contributed by atoms with Crippen LogP contribution < -0.4 is 5.32 Å². The highest BCUT2D eigenvalue weighted by atomic mass is 35.5. The van der Waals surface area contributed by atoms with Gasteiger partial charge in [-0.15, -0.1) is 0 Å². The van der Waals surface area contributed by atoms with Crippen molar-refractivity contribution in [1.82, 2.24) is 5.32 Å². The van der Waals surface area contributed by atoms with Crippen molar-refractivity contribution < 1.29 is 12.8 Å². The summed E-state index contributed by atoms with van der Waals surface area (Å²) in [5.41, 5.74) is 2.15. The Labute approximate surface area is 159 Å². The Morgan fingerprint density at radius 1 is 1.15 bits per heavy atom. The molecule has 6 heteroatoms. The molecular weight excluding hydrogens is 373 g/mol. The molecule has 0 amide bonds. The molecule has 0 radical (unpaired) electrons. The van der Waals surface area contributed by atoms with Crippen molar-refractivity contribution in [3.63, 3.8) is 0 Å². The highest BCUT2D eigenvalue weighted by Crippen LogP contribution is 2.36. The molecule has 0 heterocycles. The third-order valence-corrected chi connectivity index (χ3v) is 6.56. The van der Waals surface area contributed by atoms with Crippen LogP contribution in [0.1, 0.15) is 49.3 Å². The Morgan fingerprint density at radius 3 is 2.46 bits per heavy atom. The van der Waals surface area contributed by atoms with Gasteiger partial charge in [0.15, 0.2) is 9.84 Å². The Balaban J connectivity index is 1.62. The van der Waals surface area contributed by atoms with Crippen molar-refractivity contribution >= 4 is 21.4 Å². The van der Waals surface area contributed by atoms with Crippen molar-refractivity contribution in [2.75, 3.05) is 6.26 Å². The van der Waals surface area contributed by atoms with Gasteiger partial charge in [0.2, 0.25) is 0 Å². The normalized spacial score (nSPS) is 21.7. The standard InChI is InChI=1S/C20H23ClFNO2S/c1-13(15-6-10-20(22)19(21)12-15)23-17-7-3-16(11-17)14-4-8-18(9-5-14)26(2,24)25/h4-6,8-10,12-13,16-17,23H,3,7,11H2,1-2H3/t13-,16-,17?/m1/s1. The molecule has 1 N–H and O–H groups in total. The molecule has 1 fully saturated rings. The summed E-state index contributed by atoms with van der Waals surface area (Å²) < 4.78 is 36.5. The Kier molecular flexibility index (Phi) is 5.70. The molecular formula is C20H23ClFNO2S. The number of halogens is 2. The van der Waals surface area contributed by atoms with Crippen molar-refractivity contribution in [2.45, 2.75) is 49.1 Å². The quantitative estimate of drug-likeness (QED) is 0.785. The number of rotatable bonds is 5. The lowest BCUT2D eigenvalue weighted by Crippen LogP contribution is -2.29. The fourth-order valence-corrected chi connectivity index (χ4v) is 4.47. The van der Waals surface area contributed by atoms with Crippen LogP contribution in [0.4, 0.5) is 4.39 Å². The fraction of sp³-hybridized carbons (Fsp3) is 0.400. The van der Waals surface area contributed by atoms with E-state index in [0.29, 0.717) is 16.9 Å². The Bertz CT molecular complexity index is 883. The molecule has 1 aliphatic carbocycles. The van der Waals surface area contributed by atoms with E-state index in [2.05, 4.69) is 12.2 Å². The molecule has 1 unspecified atom stereocenters. The number of benzene rings is 2. The SMILES string of the molecule is C[C@@H](NC1CC[C@@H](c2ccc(S(C)(=O)=O)cc2)C1)c1ccc(F)c(Cl)c1.